The minimum Gasteiger partial charge on any atom is -0.337 e. The molecular weight excluding hydrogens is 415 g/mol. The van der Waals surface area contributed by atoms with Crippen LogP contribution in [-0.4, -0.2) is 26.3 Å². The minimum atomic E-state index is -3.99. The van der Waals surface area contributed by atoms with Gasteiger partial charge in [-0.05, 0) is 48.0 Å². The molecule has 8 heteroatoms. The van der Waals surface area contributed by atoms with Gasteiger partial charge in [0.25, 0.3) is 15.9 Å². The van der Waals surface area contributed by atoms with Gasteiger partial charge in [0.15, 0.2) is 0 Å². The van der Waals surface area contributed by atoms with Gasteiger partial charge >= 0.3 is 0 Å². The van der Waals surface area contributed by atoms with Crippen molar-refractivity contribution < 1.29 is 17.6 Å². The van der Waals surface area contributed by atoms with Gasteiger partial charge < -0.3 is 4.90 Å². The maximum absolute atomic E-state index is 13.1. The van der Waals surface area contributed by atoms with E-state index >= 15 is 0 Å². The zero-order chi connectivity index (χ0) is 21.0. The predicted molar refractivity (Wildman–Crippen MR) is 111 cm³/mol. The second kappa shape index (κ2) is 8.63. The first-order valence-corrected chi connectivity index (χ1v) is 10.5. The summed E-state index contributed by atoms with van der Waals surface area (Å²) >= 11 is 6.16. The van der Waals surface area contributed by atoms with Crippen LogP contribution >= 0.6 is 11.6 Å². The molecule has 5 nitrogen and oxygen atoms in total. The first kappa shape index (κ1) is 20.8. The lowest BCUT2D eigenvalue weighted by atomic mass is 10.1. The van der Waals surface area contributed by atoms with E-state index in [0.717, 1.165) is 29.8 Å². The number of rotatable bonds is 6. The van der Waals surface area contributed by atoms with Gasteiger partial charge in [0, 0.05) is 18.6 Å². The molecule has 3 rings (SSSR count). The van der Waals surface area contributed by atoms with Gasteiger partial charge in [-0.15, -0.1) is 0 Å². The molecule has 0 heterocycles. The Morgan fingerprint density at radius 3 is 2.31 bits per heavy atom. The first-order valence-electron chi connectivity index (χ1n) is 8.64. The SMILES string of the molecule is CN(Cc1ccccc1Cl)C(=O)c1ccccc1NS(=O)(=O)c1ccc(F)cc1. The van der Waals surface area contributed by atoms with Crippen LogP contribution in [0.3, 0.4) is 0 Å². The van der Waals surface area contributed by atoms with Crippen LogP contribution in [0.2, 0.25) is 5.02 Å². The molecule has 0 saturated heterocycles. The third-order valence-corrected chi connectivity index (χ3v) is 5.99. The molecule has 150 valence electrons. The average Bonchev–Trinajstić information content (AvgIpc) is 2.69. The van der Waals surface area contributed by atoms with E-state index in [-0.39, 0.29) is 28.6 Å². The van der Waals surface area contributed by atoms with Crippen molar-refractivity contribution in [1.82, 2.24) is 4.90 Å². The lowest BCUT2D eigenvalue weighted by molar-refractivity contribution is 0.0786. The summed E-state index contributed by atoms with van der Waals surface area (Å²) in [7, 11) is -2.38. The molecule has 0 atom stereocenters. The molecule has 0 aliphatic carbocycles. The topological polar surface area (TPSA) is 66.5 Å². The van der Waals surface area contributed by atoms with Crippen LogP contribution in [0.15, 0.2) is 77.7 Å². The van der Waals surface area contributed by atoms with Crippen molar-refractivity contribution in [2.75, 3.05) is 11.8 Å². The molecule has 0 bridgehead atoms. The summed E-state index contributed by atoms with van der Waals surface area (Å²) in [5.41, 5.74) is 1.09. The smallest absolute Gasteiger partial charge is 0.261 e. The molecule has 29 heavy (non-hydrogen) atoms. The van der Waals surface area contributed by atoms with E-state index in [9.17, 15) is 17.6 Å². The molecule has 0 fully saturated rings. The number of hydrogen-bond acceptors (Lipinski definition) is 3. The lowest BCUT2D eigenvalue weighted by Crippen LogP contribution is -2.27. The fourth-order valence-corrected chi connectivity index (χ4v) is 4.01. The summed E-state index contributed by atoms with van der Waals surface area (Å²) in [6.07, 6.45) is 0. The highest BCUT2D eigenvalue weighted by atomic mass is 35.5. The maximum atomic E-state index is 13.1. The van der Waals surface area contributed by atoms with E-state index in [1.54, 1.807) is 31.3 Å². The normalized spacial score (nSPS) is 11.1. The maximum Gasteiger partial charge on any atom is 0.261 e. The summed E-state index contributed by atoms with van der Waals surface area (Å²) in [6, 6.07) is 17.9. The Hall–Kier alpha value is -2.90. The summed E-state index contributed by atoms with van der Waals surface area (Å²) < 4.78 is 40.7. The van der Waals surface area contributed by atoms with Crippen molar-refractivity contribution >= 4 is 33.2 Å². The zero-order valence-corrected chi connectivity index (χ0v) is 17.0. The number of hydrogen-bond donors (Lipinski definition) is 1. The van der Waals surface area contributed by atoms with E-state index in [0.29, 0.717) is 5.02 Å². The third kappa shape index (κ3) is 4.93. The van der Waals surface area contributed by atoms with Crippen molar-refractivity contribution in [3.63, 3.8) is 0 Å². The molecule has 0 spiro atoms. The Balaban J connectivity index is 1.85. The van der Waals surface area contributed by atoms with Gasteiger partial charge in [-0.2, -0.15) is 0 Å². The molecule has 0 aromatic heterocycles. The Labute approximate surface area is 173 Å². The number of carbonyl (C=O) groups excluding carboxylic acids is 1. The van der Waals surface area contributed by atoms with Crippen LogP contribution < -0.4 is 4.72 Å². The highest BCUT2D eigenvalue weighted by molar-refractivity contribution is 7.92. The van der Waals surface area contributed by atoms with Crippen molar-refractivity contribution in [2.45, 2.75) is 11.4 Å². The molecule has 0 saturated carbocycles. The second-order valence-electron chi connectivity index (χ2n) is 6.36. The van der Waals surface area contributed by atoms with E-state index < -0.39 is 15.8 Å². The summed E-state index contributed by atoms with van der Waals surface area (Å²) in [5.74, 6) is -0.914. The minimum absolute atomic E-state index is 0.106. The molecule has 3 aromatic rings. The van der Waals surface area contributed by atoms with Gasteiger partial charge in [-0.3, -0.25) is 9.52 Å². The van der Waals surface area contributed by atoms with Gasteiger partial charge in [0.05, 0.1) is 16.1 Å². The number of carbonyl (C=O) groups is 1. The largest absolute Gasteiger partial charge is 0.337 e. The number of amides is 1. The van der Waals surface area contributed by atoms with Gasteiger partial charge in [-0.25, -0.2) is 12.8 Å². The van der Waals surface area contributed by atoms with E-state index in [2.05, 4.69) is 4.72 Å². The van der Waals surface area contributed by atoms with Gasteiger partial charge in [-0.1, -0.05) is 41.9 Å². The highest BCUT2D eigenvalue weighted by Crippen LogP contribution is 2.23. The van der Waals surface area contributed by atoms with E-state index in [4.69, 9.17) is 11.6 Å². The van der Waals surface area contributed by atoms with Crippen LogP contribution in [-0.2, 0) is 16.6 Å². The fraction of sp³-hybridized carbons (Fsp3) is 0.0952. The monoisotopic (exact) mass is 432 g/mol. The Bertz CT molecular complexity index is 1130. The molecule has 0 unspecified atom stereocenters. The summed E-state index contributed by atoms with van der Waals surface area (Å²) in [5, 5.41) is 0.539. The predicted octanol–water partition coefficient (Wildman–Crippen LogP) is 4.55. The van der Waals surface area contributed by atoms with Crippen LogP contribution in [0.1, 0.15) is 15.9 Å². The van der Waals surface area contributed by atoms with E-state index in [1.165, 1.54) is 17.0 Å². The molecular formula is C21H18ClFN2O3S. The molecule has 0 aliphatic rings. The lowest BCUT2D eigenvalue weighted by Gasteiger charge is -2.20. The quantitative estimate of drug-likeness (QED) is 0.621. The Kier molecular flexibility index (Phi) is 6.20. The van der Waals surface area contributed by atoms with Crippen molar-refractivity contribution in [2.24, 2.45) is 0 Å². The van der Waals surface area contributed by atoms with Gasteiger partial charge in [0.1, 0.15) is 5.82 Å². The number of nitrogens with one attached hydrogen (secondary N) is 1. The molecule has 3 aromatic carbocycles. The van der Waals surface area contributed by atoms with Crippen LogP contribution in [0, 0.1) is 5.82 Å². The highest BCUT2D eigenvalue weighted by Gasteiger charge is 2.21. The van der Waals surface area contributed by atoms with Crippen molar-refractivity contribution in [3.8, 4) is 0 Å². The standard InChI is InChI=1S/C21H18ClFN2O3S/c1-25(14-15-6-2-4-8-19(15)22)21(26)18-7-3-5-9-20(18)24-29(27,28)17-12-10-16(23)11-13-17/h2-13,24H,14H2,1H3. The van der Waals surface area contributed by atoms with Crippen molar-refractivity contribution in [3.05, 3.63) is 94.8 Å². The number of halogens is 2. The Morgan fingerprint density at radius 1 is 1.00 bits per heavy atom. The van der Waals surface area contributed by atoms with E-state index in [1.807, 2.05) is 12.1 Å². The number of para-hydroxylation sites is 1. The van der Waals surface area contributed by atoms with Crippen LogP contribution in [0.5, 0.6) is 0 Å². The molecule has 1 N–H and O–H groups in total. The number of benzene rings is 3. The number of anilines is 1. The molecule has 0 aliphatic heterocycles. The first-order chi connectivity index (χ1) is 13.8. The fourth-order valence-electron chi connectivity index (χ4n) is 2.74. The summed E-state index contributed by atoms with van der Waals surface area (Å²) in [6.45, 7) is 0.261. The Morgan fingerprint density at radius 2 is 1.62 bits per heavy atom. The number of sulfonamides is 1. The molecule has 0 radical (unpaired) electrons. The van der Waals surface area contributed by atoms with Crippen molar-refractivity contribution in [1.29, 1.82) is 0 Å². The second-order valence-corrected chi connectivity index (χ2v) is 8.45. The van der Waals surface area contributed by atoms with Gasteiger partial charge in [0.2, 0.25) is 0 Å². The third-order valence-electron chi connectivity index (χ3n) is 4.24. The molecule has 1 amide bonds. The zero-order valence-electron chi connectivity index (χ0n) is 15.5. The summed E-state index contributed by atoms with van der Waals surface area (Å²) in [4.78, 5) is 14.3. The van der Waals surface area contributed by atoms with Crippen LogP contribution in [0.25, 0.3) is 0 Å². The average molecular weight is 433 g/mol. The number of nitrogens with zero attached hydrogens (tertiary/aromatic N) is 1. The van der Waals surface area contributed by atoms with Crippen LogP contribution in [0.4, 0.5) is 10.1 Å².